The van der Waals surface area contributed by atoms with Crippen molar-refractivity contribution < 1.29 is 9.26 Å². The Hall–Kier alpha value is -0.870. The zero-order valence-corrected chi connectivity index (χ0v) is 17.2. The highest BCUT2D eigenvalue weighted by atomic mass is 127. The summed E-state index contributed by atoms with van der Waals surface area (Å²) in [4.78, 5) is 6.79. The fourth-order valence-electron chi connectivity index (χ4n) is 2.79. The summed E-state index contributed by atoms with van der Waals surface area (Å²) in [6, 6.07) is 2.33. The molecule has 1 atom stereocenters. The lowest BCUT2D eigenvalue weighted by atomic mass is 10.0. The van der Waals surface area contributed by atoms with Crippen LogP contribution in [0.15, 0.2) is 21.8 Å². The van der Waals surface area contributed by atoms with E-state index in [-0.39, 0.29) is 24.0 Å². The van der Waals surface area contributed by atoms with Gasteiger partial charge in [-0.05, 0) is 12.3 Å². The molecule has 2 N–H and O–H groups in total. The minimum atomic E-state index is 0. The van der Waals surface area contributed by atoms with Gasteiger partial charge in [0.05, 0.1) is 19.8 Å². The van der Waals surface area contributed by atoms with E-state index in [1.165, 1.54) is 0 Å². The van der Waals surface area contributed by atoms with E-state index < -0.39 is 0 Å². The van der Waals surface area contributed by atoms with E-state index in [9.17, 15) is 0 Å². The first kappa shape index (κ1) is 21.2. The second kappa shape index (κ2) is 11.6. The van der Waals surface area contributed by atoms with Crippen molar-refractivity contribution in [2.75, 3.05) is 39.9 Å². The summed E-state index contributed by atoms with van der Waals surface area (Å²) in [7, 11) is 1.78. The van der Waals surface area contributed by atoms with Gasteiger partial charge in [-0.2, -0.15) is 0 Å². The fraction of sp³-hybridized carbons (Fsp3) is 0.750. The van der Waals surface area contributed by atoms with Crippen LogP contribution in [-0.4, -0.2) is 62.0 Å². The Morgan fingerprint density at radius 1 is 1.33 bits per heavy atom. The first-order chi connectivity index (χ1) is 11.2. The van der Waals surface area contributed by atoms with Crippen molar-refractivity contribution in [2.24, 2.45) is 10.9 Å². The Morgan fingerprint density at radius 2 is 2.08 bits per heavy atom. The van der Waals surface area contributed by atoms with Gasteiger partial charge in [-0.3, -0.25) is 9.89 Å². The van der Waals surface area contributed by atoms with E-state index in [1.807, 2.05) is 6.07 Å². The molecule has 138 valence electrons. The molecular weight excluding hydrogens is 421 g/mol. The molecule has 0 aromatic carbocycles. The molecule has 1 unspecified atom stereocenters. The number of aliphatic imine (C=N–C) groups is 1. The molecular formula is C16H30IN5O2. The highest BCUT2D eigenvalue weighted by molar-refractivity contribution is 14.0. The fourth-order valence-corrected chi connectivity index (χ4v) is 2.79. The molecule has 1 aromatic heterocycles. The van der Waals surface area contributed by atoms with E-state index in [4.69, 9.17) is 9.26 Å². The molecule has 0 radical (unpaired) electrons. The zero-order valence-electron chi connectivity index (χ0n) is 14.8. The van der Waals surface area contributed by atoms with E-state index in [1.54, 1.807) is 13.3 Å². The maximum absolute atomic E-state index is 5.47. The Kier molecular flexibility index (Phi) is 10.3. The summed E-state index contributed by atoms with van der Waals surface area (Å²) in [5.74, 6) is 1.45. The summed E-state index contributed by atoms with van der Waals surface area (Å²) in [5.41, 5.74) is 0.861. The minimum Gasteiger partial charge on any atom is -0.379 e. The lowest BCUT2D eigenvalue weighted by molar-refractivity contribution is 0.0132. The van der Waals surface area contributed by atoms with Crippen LogP contribution >= 0.6 is 24.0 Å². The van der Waals surface area contributed by atoms with Crippen molar-refractivity contribution in [2.45, 2.75) is 32.9 Å². The van der Waals surface area contributed by atoms with Crippen molar-refractivity contribution >= 4 is 29.9 Å². The standard InChI is InChI=1S/C16H29N5O2.HI/c1-13(2)10-15(21-5-8-22-9-6-21)12-19-16(17-3)18-11-14-4-7-23-20-14;/h4,7,13,15H,5-6,8-12H2,1-3H3,(H2,17,18,19);1H. The predicted octanol–water partition coefficient (Wildman–Crippen LogP) is 1.70. The molecule has 7 nitrogen and oxygen atoms in total. The van der Waals surface area contributed by atoms with Crippen molar-refractivity contribution in [1.82, 2.24) is 20.7 Å². The number of aromatic nitrogens is 1. The lowest BCUT2D eigenvalue weighted by Crippen LogP contribution is -2.51. The first-order valence-corrected chi connectivity index (χ1v) is 8.34. The van der Waals surface area contributed by atoms with Crippen molar-refractivity contribution in [3.05, 3.63) is 18.0 Å². The smallest absolute Gasteiger partial charge is 0.191 e. The molecule has 1 aromatic rings. The number of nitrogens with one attached hydrogen (secondary N) is 2. The molecule has 1 aliphatic heterocycles. The van der Waals surface area contributed by atoms with E-state index >= 15 is 0 Å². The van der Waals surface area contributed by atoms with Gasteiger partial charge in [0.1, 0.15) is 12.0 Å². The number of hydrogen-bond acceptors (Lipinski definition) is 5. The average Bonchev–Trinajstić information content (AvgIpc) is 3.07. The average molecular weight is 451 g/mol. The maximum Gasteiger partial charge on any atom is 0.191 e. The number of nitrogens with zero attached hydrogens (tertiary/aromatic N) is 3. The molecule has 24 heavy (non-hydrogen) atoms. The summed E-state index contributed by atoms with van der Waals surface area (Å²) in [5, 5.41) is 10.6. The molecule has 2 heterocycles. The van der Waals surface area contributed by atoms with Crippen LogP contribution in [-0.2, 0) is 11.3 Å². The molecule has 0 amide bonds. The van der Waals surface area contributed by atoms with Gasteiger partial charge in [0.2, 0.25) is 0 Å². The summed E-state index contributed by atoms with van der Waals surface area (Å²) < 4.78 is 10.3. The van der Waals surface area contributed by atoms with Crippen LogP contribution in [0.25, 0.3) is 0 Å². The minimum absolute atomic E-state index is 0. The molecule has 0 spiro atoms. The number of guanidine groups is 1. The van der Waals surface area contributed by atoms with E-state index in [2.05, 4.69) is 39.5 Å². The largest absolute Gasteiger partial charge is 0.379 e. The Balaban J connectivity index is 0.00000288. The number of halogens is 1. The Morgan fingerprint density at radius 3 is 2.67 bits per heavy atom. The van der Waals surface area contributed by atoms with Gasteiger partial charge in [0.15, 0.2) is 5.96 Å². The van der Waals surface area contributed by atoms with E-state index in [0.717, 1.165) is 50.9 Å². The van der Waals surface area contributed by atoms with Gasteiger partial charge in [-0.1, -0.05) is 19.0 Å². The van der Waals surface area contributed by atoms with Gasteiger partial charge in [-0.15, -0.1) is 24.0 Å². The van der Waals surface area contributed by atoms with Crippen molar-refractivity contribution in [3.63, 3.8) is 0 Å². The molecule has 1 aliphatic rings. The molecule has 1 fully saturated rings. The van der Waals surface area contributed by atoms with Crippen LogP contribution in [0, 0.1) is 5.92 Å². The summed E-state index contributed by atoms with van der Waals surface area (Å²) in [6.45, 7) is 9.67. The van der Waals surface area contributed by atoms with Crippen LogP contribution in [0.4, 0.5) is 0 Å². The highest BCUT2D eigenvalue weighted by Crippen LogP contribution is 2.12. The predicted molar refractivity (Wildman–Crippen MR) is 106 cm³/mol. The van der Waals surface area contributed by atoms with Crippen LogP contribution in [0.2, 0.25) is 0 Å². The number of hydrogen-bond donors (Lipinski definition) is 2. The third-order valence-electron chi connectivity index (χ3n) is 3.96. The second-order valence-electron chi connectivity index (χ2n) is 6.23. The summed E-state index contributed by atoms with van der Waals surface area (Å²) in [6.07, 6.45) is 2.73. The molecule has 8 heteroatoms. The molecule has 0 bridgehead atoms. The highest BCUT2D eigenvalue weighted by Gasteiger charge is 2.22. The lowest BCUT2D eigenvalue weighted by Gasteiger charge is -2.35. The van der Waals surface area contributed by atoms with Crippen LogP contribution < -0.4 is 10.6 Å². The summed E-state index contributed by atoms with van der Waals surface area (Å²) >= 11 is 0. The topological polar surface area (TPSA) is 74.9 Å². The van der Waals surface area contributed by atoms with Crippen LogP contribution in [0.3, 0.4) is 0 Å². The normalized spacial score (nSPS) is 17.4. The van der Waals surface area contributed by atoms with Crippen LogP contribution in [0.5, 0.6) is 0 Å². The first-order valence-electron chi connectivity index (χ1n) is 8.34. The third-order valence-corrected chi connectivity index (χ3v) is 3.96. The monoisotopic (exact) mass is 451 g/mol. The van der Waals surface area contributed by atoms with Crippen molar-refractivity contribution in [3.8, 4) is 0 Å². The molecule has 0 saturated carbocycles. The van der Waals surface area contributed by atoms with E-state index in [0.29, 0.717) is 18.5 Å². The maximum atomic E-state index is 5.47. The van der Waals surface area contributed by atoms with Gasteiger partial charge in [0, 0.05) is 38.8 Å². The zero-order chi connectivity index (χ0) is 16.5. The van der Waals surface area contributed by atoms with Gasteiger partial charge in [0.25, 0.3) is 0 Å². The quantitative estimate of drug-likeness (QED) is 0.374. The van der Waals surface area contributed by atoms with Gasteiger partial charge >= 0.3 is 0 Å². The Labute approximate surface area is 161 Å². The molecule has 0 aliphatic carbocycles. The molecule has 1 saturated heterocycles. The third kappa shape index (κ3) is 7.35. The number of rotatable bonds is 7. The van der Waals surface area contributed by atoms with Gasteiger partial charge in [-0.25, -0.2) is 0 Å². The van der Waals surface area contributed by atoms with Gasteiger partial charge < -0.3 is 19.9 Å². The van der Waals surface area contributed by atoms with Crippen LogP contribution in [0.1, 0.15) is 26.0 Å². The SMILES string of the molecule is CN=C(NCc1ccon1)NCC(CC(C)C)N1CCOCC1.I. The Bertz CT molecular complexity index is 461. The van der Waals surface area contributed by atoms with Crippen molar-refractivity contribution in [1.29, 1.82) is 0 Å². The molecule has 2 rings (SSSR count). The number of ether oxygens (including phenoxy) is 1. The second-order valence-corrected chi connectivity index (χ2v) is 6.23. The number of morpholine rings is 1.